The van der Waals surface area contributed by atoms with Crippen LogP contribution in [0.25, 0.3) is 0 Å². The highest BCUT2D eigenvalue weighted by Crippen LogP contribution is 2.38. The largest absolute Gasteiger partial charge is 0.462 e. The van der Waals surface area contributed by atoms with E-state index in [2.05, 4.69) is 5.32 Å². The minimum absolute atomic E-state index is 0.0837. The molecule has 1 saturated carbocycles. The van der Waals surface area contributed by atoms with Crippen molar-refractivity contribution in [2.75, 3.05) is 18.5 Å². The molecule has 0 saturated heterocycles. The molecule has 22 heavy (non-hydrogen) atoms. The summed E-state index contributed by atoms with van der Waals surface area (Å²) in [5.41, 5.74) is 0.599. The number of esters is 2. The summed E-state index contributed by atoms with van der Waals surface area (Å²) in [5, 5.41) is 2.56. The third-order valence-electron chi connectivity index (χ3n) is 3.45. The lowest BCUT2D eigenvalue weighted by atomic mass is 10.2. The highest BCUT2D eigenvalue weighted by Gasteiger charge is 2.40. The molecular weight excluding hydrogens is 286 g/mol. The van der Waals surface area contributed by atoms with E-state index < -0.39 is 11.9 Å². The first-order chi connectivity index (χ1) is 10.5. The molecular formula is C16H19NO5. The van der Waals surface area contributed by atoms with Gasteiger partial charge in [-0.25, -0.2) is 4.79 Å². The fraction of sp³-hybridized carbons (Fsp3) is 0.438. The van der Waals surface area contributed by atoms with Crippen LogP contribution in [0.3, 0.4) is 0 Å². The number of hydrogen-bond acceptors (Lipinski definition) is 5. The SMILES string of the molecule is CCOC(=O)c1ccccc1NC(=O)COC(=O)[C@@H]1C[C@@H]1C. The van der Waals surface area contributed by atoms with Crippen LogP contribution in [0.15, 0.2) is 24.3 Å². The number of nitrogens with one attached hydrogen (secondary N) is 1. The Hall–Kier alpha value is -2.37. The number of hydrogen-bond donors (Lipinski definition) is 1. The molecule has 1 amide bonds. The Morgan fingerprint density at radius 2 is 1.91 bits per heavy atom. The predicted molar refractivity (Wildman–Crippen MR) is 79.3 cm³/mol. The number of rotatable bonds is 6. The lowest BCUT2D eigenvalue weighted by molar-refractivity contribution is -0.148. The van der Waals surface area contributed by atoms with Crippen LogP contribution < -0.4 is 5.32 Å². The summed E-state index contributed by atoms with van der Waals surface area (Å²) < 4.78 is 9.88. The highest BCUT2D eigenvalue weighted by atomic mass is 16.5. The number of anilines is 1. The molecule has 2 atom stereocenters. The second-order valence-electron chi connectivity index (χ2n) is 5.24. The molecule has 0 aromatic heterocycles. The lowest BCUT2D eigenvalue weighted by Crippen LogP contribution is -2.23. The summed E-state index contributed by atoms with van der Waals surface area (Å²) >= 11 is 0. The Labute approximate surface area is 128 Å². The van der Waals surface area contributed by atoms with Crippen LogP contribution in [0.4, 0.5) is 5.69 Å². The van der Waals surface area contributed by atoms with Gasteiger partial charge < -0.3 is 14.8 Å². The fourth-order valence-corrected chi connectivity index (χ4v) is 2.06. The molecule has 0 unspecified atom stereocenters. The topological polar surface area (TPSA) is 81.7 Å². The van der Waals surface area contributed by atoms with Crippen molar-refractivity contribution in [3.63, 3.8) is 0 Å². The molecule has 1 aliphatic carbocycles. The van der Waals surface area contributed by atoms with Crippen LogP contribution in [0, 0.1) is 11.8 Å². The van der Waals surface area contributed by atoms with Gasteiger partial charge in [-0.05, 0) is 31.4 Å². The normalized spacial score (nSPS) is 19.2. The maximum Gasteiger partial charge on any atom is 0.340 e. The molecule has 0 spiro atoms. The van der Waals surface area contributed by atoms with Gasteiger partial charge in [0.15, 0.2) is 6.61 Å². The van der Waals surface area contributed by atoms with E-state index in [1.165, 1.54) is 0 Å². The second-order valence-corrected chi connectivity index (χ2v) is 5.24. The van der Waals surface area contributed by atoms with Crippen LogP contribution in [-0.4, -0.2) is 31.1 Å². The first kappa shape index (κ1) is 16.0. The molecule has 0 aliphatic heterocycles. The maximum atomic E-state index is 11.8. The molecule has 6 heteroatoms. The van der Waals surface area contributed by atoms with Crippen molar-refractivity contribution in [1.82, 2.24) is 0 Å². The van der Waals surface area contributed by atoms with E-state index in [-0.39, 0.29) is 30.7 Å². The van der Waals surface area contributed by atoms with E-state index in [1.807, 2.05) is 6.92 Å². The third-order valence-corrected chi connectivity index (χ3v) is 3.45. The summed E-state index contributed by atoms with van der Waals surface area (Å²) in [6.07, 6.45) is 0.812. The Morgan fingerprint density at radius 3 is 2.55 bits per heavy atom. The zero-order valence-electron chi connectivity index (χ0n) is 12.6. The first-order valence-electron chi connectivity index (χ1n) is 7.25. The van der Waals surface area contributed by atoms with E-state index in [0.717, 1.165) is 6.42 Å². The van der Waals surface area contributed by atoms with Gasteiger partial charge in [0, 0.05) is 0 Å². The molecule has 1 fully saturated rings. The van der Waals surface area contributed by atoms with Gasteiger partial charge in [0.25, 0.3) is 5.91 Å². The molecule has 1 N–H and O–H groups in total. The second kappa shape index (κ2) is 7.06. The summed E-state index contributed by atoms with van der Waals surface area (Å²) in [4.78, 5) is 35.2. The first-order valence-corrected chi connectivity index (χ1v) is 7.25. The molecule has 1 aliphatic rings. The molecule has 0 bridgehead atoms. The number of benzene rings is 1. The number of para-hydroxylation sites is 1. The van der Waals surface area contributed by atoms with Crippen molar-refractivity contribution in [1.29, 1.82) is 0 Å². The number of carbonyl (C=O) groups excluding carboxylic acids is 3. The summed E-state index contributed by atoms with van der Waals surface area (Å²) in [7, 11) is 0. The summed E-state index contributed by atoms with van der Waals surface area (Å²) in [5.74, 6) is -1.10. The van der Waals surface area contributed by atoms with Crippen LogP contribution in [0.5, 0.6) is 0 Å². The summed E-state index contributed by atoms with van der Waals surface area (Å²) in [6, 6.07) is 6.52. The van der Waals surface area contributed by atoms with Crippen molar-refractivity contribution in [3.8, 4) is 0 Å². The highest BCUT2D eigenvalue weighted by molar-refractivity contribution is 6.01. The zero-order valence-corrected chi connectivity index (χ0v) is 12.6. The Bertz CT molecular complexity index is 584. The van der Waals surface area contributed by atoms with Crippen LogP contribution in [0.1, 0.15) is 30.6 Å². The van der Waals surface area contributed by atoms with Gasteiger partial charge in [0.05, 0.1) is 23.8 Å². The van der Waals surface area contributed by atoms with Crippen LogP contribution in [0.2, 0.25) is 0 Å². The summed E-state index contributed by atoms with van der Waals surface area (Å²) in [6.45, 7) is 3.55. The van der Waals surface area contributed by atoms with Gasteiger partial charge >= 0.3 is 11.9 Å². The molecule has 0 radical (unpaired) electrons. The van der Waals surface area contributed by atoms with Gasteiger partial charge in [-0.2, -0.15) is 0 Å². The van der Waals surface area contributed by atoms with Crippen molar-refractivity contribution in [2.24, 2.45) is 11.8 Å². The standard InChI is InChI=1S/C16H19NO5/c1-3-21-15(19)11-6-4-5-7-13(11)17-14(18)9-22-16(20)12-8-10(12)2/h4-7,10,12H,3,8-9H2,1-2H3,(H,17,18)/t10-,12+/m0/s1. The van der Waals surface area contributed by atoms with Gasteiger partial charge in [-0.1, -0.05) is 19.1 Å². The quantitative estimate of drug-likeness (QED) is 0.813. The van der Waals surface area contributed by atoms with Crippen LogP contribution >= 0.6 is 0 Å². The predicted octanol–water partition coefficient (Wildman–Crippen LogP) is 2.00. The van der Waals surface area contributed by atoms with E-state index >= 15 is 0 Å². The smallest absolute Gasteiger partial charge is 0.340 e. The van der Waals surface area contributed by atoms with E-state index in [9.17, 15) is 14.4 Å². The molecule has 6 nitrogen and oxygen atoms in total. The lowest BCUT2D eigenvalue weighted by Gasteiger charge is -2.10. The van der Waals surface area contributed by atoms with Gasteiger partial charge in [-0.15, -0.1) is 0 Å². The van der Waals surface area contributed by atoms with Crippen molar-refractivity contribution < 1.29 is 23.9 Å². The van der Waals surface area contributed by atoms with Crippen molar-refractivity contribution in [3.05, 3.63) is 29.8 Å². The molecule has 1 aromatic rings. The fourth-order valence-electron chi connectivity index (χ4n) is 2.06. The van der Waals surface area contributed by atoms with Gasteiger partial charge in [-0.3, -0.25) is 9.59 Å². The Balaban J connectivity index is 1.91. The maximum absolute atomic E-state index is 11.8. The minimum Gasteiger partial charge on any atom is -0.462 e. The Morgan fingerprint density at radius 1 is 1.23 bits per heavy atom. The van der Waals surface area contributed by atoms with E-state index in [0.29, 0.717) is 11.6 Å². The molecule has 0 heterocycles. The monoisotopic (exact) mass is 305 g/mol. The van der Waals surface area contributed by atoms with Crippen LogP contribution in [-0.2, 0) is 19.1 Å². The van der Waals surface area contributed by atoms with E-state index in [4.69, 9.17) is 9.47 Å². The Kier molecular flexibility index (Phi) is 5.14. The third kappa shape index (κ3) is 4.07. The molecule has 2 rings (SSSR count). The van der Waals surface area contributed by atoms with E-state index in [1.54, 1.807) is 31.2 Å². The average molecular weight is 305 g/mol. The number of ether oxygens (including phenoxy) is 2. The number of amides is 1. The molecule has 1 aromatic carbocycles. The van der Waals surface area contributed by atoms with Gasteiger partial charge in [0.1, 0.15) is 0 Å². The zero-order chi connectivity index (χ0) is 16.1. The van der Waals surface area contributed by atoms with Gasteiger partial charge in [0.2, 0.25) is 0 Å². The average Bonchev–Trinajstić information content (AvgIpc) is 3.22. The molecule has 118 valence electrons. The number of carbonyl (C=O) groups is 3. The van der Waals surface area contributed by atoms with Crippen molar-refractivity contribution in [2.45, 2.75) is 20.3 Å². The minimum atomic E-state index is -0.512. The van der Waals surface area contributed by atoms with Crippen molar-refractivity contribution >= 4 is 23.5 Å².